The molecule has 1 heterocycles. The lowest BCUT2D eigenvalue weighted by Gasteiger charge is -2.10. The average Bonchev–Trinajstić information content (AvgIpc) is 2.67. The number of rotatable bonds is 5. The lowest BCUT2D eigenvalue weighted by molar-refractivity contribution is -0.134. The number of aryl methyl sites for hydroxylation is 1. The molecule has 0 aliphatic rings. The highest BCUT2D eigenvalue weighted by Gasteiger charge is 2.16. The molecule has 0 fully saturated rings. The first kappa shape index (κ1) is 17.7. The summed E-state index contributed by atoms with van der Waals surface area (Å²) in [5, 5.41) is 0.448. The summed E-state index contributed by atoms with van der Waals surface area (Å²) >= 11 is 0. The highest BCUT2D eigenvalue weighted by atomic mass is 16.5. The van der Waals surface area contributed by atoms with Crippen LogP contribution in [0, 0.1) is 0 Å². The van der Waals surface area contributed by atoms with Crippen LogP contribution < -0.4 is 14.9 Å². The van der Waals surface area contributed by atoms with Crippen LogP contribution in [0.2, 0.25) is 0 Å². The van der Waals surface area contributed by atoms with Crippen LogP contribution in [0.4, 0.5) is 0 Å². The summed E-state index contributed by atoms with van der Waals surface area (Å²) < 4.78 is 16.4. The molecule has 3 aromatic rings. The van der Waals surface area contributed by atoms with Gasteiger partial charge in [-0.15, -0.1) is 0 Å². The number of benzene rings is 2. The van der Waals surface area contributed by atoms with Crippen LogP contribution in [0.5, 0.6) is 11.5 Å². The number of hydrogen-bond donors (Lipinski definition) is 0. The zero-order chi connectivity index (χ0) is 18.7. The Labute approximate surface area is 151 Å². The summed E-state index contributed by atoms with van der Waals surface area (Å²) in [6.45, 7) is 3.65. The molecule has 134 valence electrons. The molecule has 0 bridgehead atoms. The van der Waals surface area contributed by atoms with Gasteiger partial charge in [0.1, 0.15) is 22.8 Å². The molecular weight excluding hydrogens is 332 g/mol. The van der Waals surface area contributed by atoms with Crippen LogP contribution in [-0.4, -0.2) is 13.1 Å². The van der Waals surface area contributed by atoms with Crippen molar-refractivity contribution in [3.8, 4) is 22.6 Å². The Morgan fingerprint density at radius 1 is 1.04 bits per heavy atom. The third-order valence-corrected chi connectivity index (χ3v) is 4.16. The molecular formula is C21H20O5. The van der Waals surface area contributed by atoms with Crippen LogP contribution in [0.3, 0.4) is 0 Å². The summed E-state index contributed by atoms with van der Waals surface area (Å²) in [6.07, 6.45) is 0.837. The summed E-state index contributed by atoms with van der Waals surface area (Å²) in [4.78, 5) is 24.5. The van der Waals surface area contributed by atoms with Gasteiger partial charge in [-0.05, 0) is 29.8 Å². The van der Waals surface area contributed by atoms with Gasteiger partial charge in [-0.1, -0.05) is 26.0 Å². The fourth-order valence-corrected chi connectivity index (χ4v) is 2.79. The molecule has 2 aromatic carbocycles. The second kappa shape index (κ2) is 7.44. The van der Waals surface area contributed by atoms with Gasteiger partial charge in [-0.3, -0.25) is 9.59 Å². The molecule has 0 unspecified atom stereocenters. The molecule has 0 amide bonds. The molecule has 5 nitrogen and oxygen atoms in total. The van der Waals surface area contributed by atoms with E-state index in [0.29, 0.717) is 34.5 Å². The molecule has 0 N–H and O–H groups in total. The number of esters is 1. The molecule has 0 aliphatic carbocycles. The van der Waals surface area contributed by atoms with Crippen molar-refractivity contribution in [3.05, 3.63) is 58.4 Å². The highest BCUT2D eigenvalue weighted by Crippen LogP contribution is 2.28. The van der Waals surface area contributed by atoms with Crippen molar-refractivity contribution in [1.29, 1.82) is 0 Å². The van der Waals surface area contributed by atoms with E-state index in [9.17, 15) is 9.59 Å². The Morgan fingerprint density at radius 2 is 1.73 bits per heavy atom. The fraction of sp³-hybridized carbons (Fsp3) is 0.238. The molecule has 0 aliphatic heterocycles. The van der Waals surface area contributed by atoms with Crippen molar-refractivity contribution < 1.29 is 18.7 Å². The van der Waals surface area contributed by atoms with Gasteiger partial charge in [-0.2, -0.15) is 0 Å². The summed E-state index contributed by atoms with van der Waals surface area (Å²) in [5.74, 6) is 1.34. The van der Waals surface area contributed by atoms with Crippen LogP contribution in [-0.2, 0) is 11.2 Å². The van der Waals surface area contributed by atoms with E-state index in [0.717, 1.165) is 11.3 Å². The van der Waals surface area contributed by atoms with E-state index in [1.165, 1.54) is 0 Å². The minimum Gasteiger partial charge on any atom is -0.497 e. The van der Waals surface area contributed by atoms with Gasteiger partial charge in [0, 0.05) is 18.9 Å². The van der Waals surface area contributed by atoms with E-state index in [-0.39, 0.29) is 17.8 Å². The topological polar surface area (TPSA) is 65.7 Å². The number of carbonyl (C=O) groups is 1. The third kappa shape index (κ3) is 3.33. The monoisotopic (exact) mass is 352 g/mol. The van der Waals surface area contributed by atoms with Gasteiger partial charge in [0.05, 0.1) is 18.1 Å². The lowest BCUT2D eigenvalue weighted by Crippen LogP contribution is -2.10. The molecule has 3 rings (SSSR count). The van der Waals surface area contributed by atoms with Crippen LogP contribution in [0.25, 0.3) is 22.1 Å². The number of methoxy groups -OCH3 is 1. The molecule has 0 spiro atoms. The summed E-state index contributed by atoms with van der Waals surface area (Å²) in [6, 6.07) is 12.1. The average molecular weight is 352 g/mol. The van der Waals surface area contributed by atoms with E-state index in [4.69, 9.17) is 13.9 Å². The summed E-state index contributed by atoms with van der Waals surface area (Å²) in [7, 11) is 1.60. The van der Waals surface area contributed by atoms with Crippen molar-refractivity contribution in [2.75, 3.05) is 7.11 Å². The van der Waals surface area contributed by atoms with Crippen molar-refractivity contribution in [2.24, 2.45) is 0 Å². The number of fused-ring (bicyclic) bond motifs is 1. The van der Waals surface area contributed by atoms with Crippen molar-refractivity contribution in [2.45, 2.75) is 26.7 Å². The smallest absolute Gasteiger partial charge is 0.310 e. The predicted molar refractivity (Wildman–Crippen MR) is 99.8 cm³/mol. The van der Waals surface area contributed by atoms with Crippen LogP contribution >= 0.6 is 0 Å². The second-order valence-electron chi connectivity index (χ2n) is 5.80. The number of ether oxygens (including phenoxy) is 2. The molecule has 0 radical (unpaired) electrons. The number of hydrogen-bond acceptors (Lipinski definition) is 5. The zero-order valence-electron chi connectivity index (χ0n) is 15.0. The first-order valence-electron chi connectivity index (χ1n) is 8.52. The third-order valence-electron chi connectivity index (χ3n) is 4.16. The van der Waals surface area contributed by atoms with Crippen molar-refractivity contribution in [3.63, 3.8) is 0 Å². The highest BCUT2D eigenvalue weighted by molar-refractivity contribution is 5.84. The standard InChI is InChI=1S/C21H20O5/c1-4-17-20(13-6-8-14(24-3)9-7-13)21(23)16-11-10-15(12-18(16)26-17)25-19(22)5-2/h6-12H,4-5H2,1-3H3. The minimum absolute atomic E-state index is 0.110. The first-order valence-corrected chi connectivity index (χ1v) is 8.52. The van der Waals surface area contributed by atoms with Crippen LogP contribution in [0.1, 0.15) is 26.0 Å². The van der Waals surface area contributed by atoms with Gasteiger partial charge in [-0.25, -0.2) is 0 Å². The van der Waals surface area contributed by atoms with E-state index in [2.05, 4.69) is 0 Å². The number of carbonyl (C=O) groups excluding carboxylic acids is 1. The molecule has 0 saturated heterocycles. The molecule has 5 heteroatoms. The largest absolute Gasteiger partial charge is 0.497 e. The van der Waals surface area contributed by atoms with E-state index in [1.54, 1.807) is 32.2 Å². The Balaban J connectivity index is 2.15. The maximum atomic E-state index is 13.1. The molecule has 1 aromatic heterocycles. The van der Waals surface area contributed by atoms with Crippen molar-refractivity contribution >= 4 is 16.9 Å². The maximum Gasteiger partial charge on any atom is 0.310 e. The molecule has 0 atom stereocenters. The van der Waals surface area contributed by atoms with Gasteiger partial charge >= 0.3 is 5.97 Å². The Kier molecular flexibility index (Phi) is 5.07. The van der Waals surface area contributed by atoms with E-state index in [1.807, 2.05) is 31.2 Å². The lowest BCUT2D eigenvalue weighted by atomic mass is 10.0. The van der Waals surface area contributed by atoms with Crippen molar-refractivity contribution in [1.82, 2.24) is 0 Å². The summed E-state index contributed by atoms with van der Waals surface area (Å²) in [5.41, 5.74) is 1.62. The Bertz CT molecular complexity index is 999. The van der Waals surface area contributed by atoms with Crippen LogP contribution in [0.15, 0.2) is 51.7 Å². The van der Waals surface area contributed by atoms with E-state index >= 15 is 0 Å². The zero-order valence-corrected chi connectivity index (χ0v) is 15.0. The minimum atomic E-state index is -0.336. The van der Waals surface area contributed by atoms with Gasteiger partial charge in [0.25, 0.3) is 0 Å². The van der Waals surface area contributed by atoms with E-state index < -0.39 is 0 Å². The SMILES string of the molecule is CCC(=O)Oc1ccc2c(=O)c(-c3ccc(OC)cc3)c(CC)oc2c1. The Morgan fingerprint density at radius 3 is 2.35 bits per heavy atom. The Hall–Kier alpha value is -3.08. The quantitative estimate of drug-likeness (QED) is 0.505. The molecule has 0 saturated carbocycles. The van der Waals surface area contributed by atoms with Gasteiger partial charge in [0.15, 0.2) is 0 Å². The maximum absolute atomic E-state index is 13.1. The fourth-order valence-electron chi connectivity index (χ4n) is 2.79. The van der Waals surface area contributed by atoms with Gasteiger partial charge < -0.3 is 13.9 Å². The second-order valence-corrected chi connectivity index (χ2v) is 5.80. The normalized spacial score (nSPS) is 10.7. The molecule has 26 heavy (non-hydrogen) atoms. The first-order chi connectivity index (χ1) is 12.6. The predicted octanol–water partition coefficient (Wildman–Crippen LogP) is 4.35. The van der Waals surface area contributed by atoms with Gasteiger partial charge in [0.2, 0.25) is 5.43 Å².